The van der Waals surface area contributed by atoms with Gasteiger partial charge in [0, 0.05) is 11.1 Å². The first kappa shape index (κ1) is 27.2. The van der Waals surface area contributed by atoms with Crippen LogP contribution in [-0.4, -0.2) is 5.97 Å². The zero-order chi connectivity index (χ0) is 27.1. The van der Waals surface area contributed by atoms with Crippen LogP contribution in [0.5, 0.6) is 5.75 Å². The summed E-state index contributed by atoms with van der Waals surface area (Å²) in [6.07, 6.45) is 5.53. The zero-order valence-corrected chi connectivity index (χ0v) is 21.7. The van der Waals surface area contributed by atoms with Crippen LogP contribution in [0, 0.1) is 17.5 Å². The molecule has 0 aliphatic heterocycles. The van der Waals surface area contributed by atoms with Gasteiger partial charge in [-0.05, 0) is 65.8 Å². The van der Waals surface area contributed by atoms with Crippen LogP contribution >= 0.6 is 0 Å². The number of esters is 1. The lowest BCUT2D eigenvalue weighted by molar-refractivity contribution is 0.0734. The fraction of sp³-hybridized carbons (Fsp3) is 0.242. The summed E-state index contributed by atoms with van der Waals surface area (Å²) in [6, 6.07) is 21.0. The molecule has 0 bridgehead atoms. The molecule has 0 heterocycles. The summed E-state index contributed by atoms with van der Waals surface area (Å²) in [6.45, 7) is 4.17. The molecule has 0 amide bonds. The maximum absolute atomic E-state index is 15.0. The van der Waals surface area contributed by atoms with Crippen molar-refractivity contribution in [3.8, 4) is 28.0 Å². The Balaban J connectivity index is 1.46. The van der Waals surface area contributed by atoms with Crippen molar-refractivity contribution in [2.24, 2.45) is 0 Å². The van der Waals surface area contributed by atoms with E-state index in [0.717, 1.165) is 37.7 Å². The summed E-state index contributed by atoms with van der Waals surface area (Å²) >= 11 is 0. The SMILES string of the molecule is CCCCCc1ccc(C(=O)Oc2ccc(-c3ccc(-c4ccc(CCC)cc4)c(F)c3F)cc2)cc1F. The molecular formula is C33H31F3O2. The number of rotatable bonds is 10. The molecule has 4 aromatic carbocycles. The zero-order valence-electron chi connectivity index (χ0n) is 21.7. The monoisotopic (exact) mass is 516 g/mol. The van der Waals surface area contributed by atoms with Crippen molar-refractivity contribution in [2.75, 3.05) is 0 Å². The van der Waals surface area contributed by atoms with Crippen molar-refractivity contribution < 1.29 is 22.7 Å². The molecule has 0 aliphatic rings. The molecule has 0 saturated heterocycles. The van der Waals surface area contributed by atoms with Crippen LogP contribution in [0.3, 0.4) is 0 Å². The highest BCUT2D eigenvalue weighted by Gasteiger charge is 2.17. The Hall–Kier alpha value is -3.86. The second kappa shape index (κ2) is 12.6. The fourth-order valence-corrected chi connectivity index (χ4v) is 4.45. The van der Waals surface area contributed by atoms with Gasteiger partial charge in [-0.2, -0.15) is 0 Å². The van der Waals surface area contributed by atoms with Gasteiger partial charge in [0.25, 0.3) is 0 Å². The molecule has 0 aliphatic carbocycles. The van der Waals surface area contributed by atoms with Crippen LogP contribution in [0.25, 0.3) is 22.3 Å². The van der Waals surface area contributed by atoms with Gasteiger partial charge in [-0.25, -0.2) is 18.0 Å². The first-order chi connectivity index (χ1) is 18.4. The van der Waals surface area contributed by atoms with Crippen LogP contribution < -0.4 is 4.74 Å². The Morgan fingerprint density at radius 2 is 1.29 bits per heavy atom. The number of ether oxygens (including phenoxy) is 1. The number of benzene rings is 4. The minimum atomic E-state index is -0.945. The van der Waals surface area contributed by atoms with Gasteiger partial charge in [0.15, 0.2) is 11.6 Å². The number of hydrogen-bond acceptors (Lipinski definition) is 2. The van der Waals surface area contributed by atoms with Gasteiger partial charge in [0.2, 0.25) is 0 Å². The highest BCUT2D eigenvalue weighted by atomic mass is 19.2. The van der Waals surface area contributed by atoms with E-state index in [9.17, 15) is 13.6 Å². The van der Waals surface area contributed by atoms with Crippen LogP contribution in [0.1, 0.15) is 61.0 Å². The molecule has 0 unspecified atom stereocenters. The largest absolute Gasteiger partial charge is 0.423 e. The van der Waals surface area contributed by atoms with E-state index in [0.29, 0.717) is 23.1 Å². The average Bonchev–Trinajstić information content (AvgIpc) is 2.92. The Labute approximate surface area is 222 Å². The van der Waals surface area contributed by atoms with E-state index in [-0.39, 0.29) is 22.4 Å². The lowest BCUT2D eigenvalue weighted by Crippen LogP contribution is -2.09. The molecule has 0 fully saturated rings. The number of carbonyl (C=O) groups excluding carboxylic acids is 1. The lowest BCUT2D eigenvalue weighted by atomic mass is 9.97. The average molecular weight is 517 g/mol. The molecule has 0 atom stereocenters. The third-order valence-electron chi connectivity index (χ3n) is 6.60. The second-order valence-electron chi connectivity index (χ2n) is 9.41. The minimum Gasteiger partial charge on any atom is -0.423 e. The smallest absolute Gasteiger partial charge is 0.343 e. The number of unbranched alkanes of at least 4 members (excludes halogenated alkanes) is 2. The van der Waals surface area contributed by atoms with E-state index >= 15 is 4.39 Å². The predicted octanol–water partition coefficient (Wildman–Crippen LogP) is 9.34. The molecule has 2 nitrogen and oxygen atoms in total. The van der Waals surface area contributed by atoms with E-state index in [1.165, 1.54) is 18.2 Å². The third-order valence-corrected chi connectivity index (χ3v) is 6.60. The maximum Gasteiger partial charge on any atom is 0.343 e. The number of halogens is 3. The predicted molar refractivity (Wildman–Crippen MR) is 146 cm³/mol. The minimum absolute atomic E-state index is 0.104. The molecule has 38 heavy (non-hydrogen) atoms. The first-order valence-corrected chi connectivity index (χ1v) is 13.1. The molecule has 0 aromatic heterocycles. The molecule has 5 heteroatoms. The Morgan fingerprint density at radius 1 is 0.684 bits per heavy atom. The van der Waals surface area contributed by atoms with Crippen LogP contribution in [0.2, 0.25) is 0 Å². The molecule has 0 saturated carbocycles. The van der Waals surface area contributed by atoms with Gasteiger partial charge in [-0.1, -0.05) is 87.7 Å². The van der Waals surface area contributed by atoms with Gasteiger partial charge in [-0.3, -0.25) is 0 Å². The fourth-order valence-electron chi connectivity index (χ4n) is 4.45. The van der Waals surface area contributed by atoms with Crippen molar-refractivity contribution in [3.05, 3.63) is 113 Å². The third kappa shape index (κ3) is 6.34. The summed E-state index contributed by atoms with van der Waals surface area (Å²) in [5.41, 5.74) is 3.19. The van der Waals surface area contributed by atoms with Crippen LogP contribution in [-0.2, 0) is 12.8 Å². The Kier molecular flexibility index (Phi) is 9.01. The molecule has 4 rings (SSSR count). The van der Waals surface area contributed by atoms with Gasteiger partial charge < -0.3 is 4.74 Å². The van der Waals surface area contributed by atoms with Gasteiger partial charge in [-0.15, -0.1) is 0 Å². The highest BCUT2D eigenvalue weighted by molar-refractivity contribution is 5.91. The summed E-state index contributed by atoms with van der Waals surface area (Å²) < 4.78 is 49.8. The maximum atomic E-state index is 15.0. The van der Waals surface area contributed by atoms with Crippen molar-refractivity contribution in [2.45, 2.75) is 52.4 Å². The number of hydrogen-bond donors (Lipinski definition) is 0. The molecule has 0 radical (unpaired) electrons. The quantitative estimate of drug-likeness (QED) is 0.119. The molecule has 0 N–H and O–H groups in total. The lowest BCUT2D eigenvalue weighted by Gasteiger charge is -2.11. The van der Waals surface area contributed by atoms with Crippen molar-refractivity contribution in [3.63, 3.8) is 0 Å². The molecule has 0 spiro atoms. The van der Waals surface area contributed by atoms with Crippen LogP contribution in [0.4, 0.5) is 13.2 Å². The van der Waals surface area contributed by atoms with Gasteiger partial charge in [0.1, 0.15) is 11.6 Å². The Morgan fingerprint density at radius 3 is 1.84 bits per heavy atom. The number of aryl methyl sites for hydroxylation is 2. The van der Waals surface area contributed by atoms with E-state index in [4.69, 9.17) is 4.74 Å². The van der Waals surface area contributed by atoms with Crippen molar-refractivity contribution in [1.29, 1.82) is 0 Å². The summed E-state index contributed by atoms with van der Waals surface area (Å²) in [5.74, 6) is -2.76. The molecule has 4 aromatic rings. The van der Waals surface area contributed by atoms with E-state index in [1.54, 1.807) is 48.5 Å². The van der Waals surface area contributed by atoms with Gasteiger partial charge >= 0.3 is 5.97 Å². The standard InChI is InChI=1S/C33H31F3O2/c1-3-5-6-8-25-13-14-26(21-30(25)34)33(37)38-27-17-15-24(16-18-27)29-20-19-28(31(35)32(29)36)23-11-9-22(7-4-2)10-12-23/h9-21H,3-8H2,1-2H3. The molecule has 196 valence electrons. The van der Waals surface area contributed by atoms with Crippen LogP contribution in [0.15, 0.2) is 78.9 Å². The molecular weight excluding hydrogens is 485 g/mol. The van der Waals surface area contributed by atoms with Crippen molar-refractivity contribution >= 4 is 5.97 Å². The van der Waals surface area contributed by atoms with E-state index < -0.39 is 23.4 Å². The van der Waals surface area contributed by atoms with E-state index in [2.05, 4.69) is 13.8 Å². The van der Waals surface area contributed by atoms with Crippen molar-refractivity contribution in [1.82, 2.24) is 0 Å². The first-order valence-electron chi connectivity index (χ1n) is 13.1. The summed E-state index contributed by atoms with van der Waals surface area (Å²) in [5, 5.41) is 0. The summed E-state index contributed by atoms with van der Waals surface area (Å²) in [4.78, 5) is 12.5. The Bertz CT molecular complexity index is 1390. The second-order valence-corrected chi connectivity index (χ2v) is 9.41. The van der Waals surface area contributed by atoms with E-state index in [1.807, 2.05) is 12.1 Å². The normalized spacial score (nSPS) is 11.0. The van der Waals surface area contributed by atoms with Gasteiger partial charge in [0.05, 0.1) is 5.56 Å². The summed E-state index contributed by atoms with van der Waals surface area (Å²) in [7, 11) is 0. The topological polar surface area (TPSA) is 26.3 Å². The highest BCUT2D eigenvalue weighted by Crippen LogP contribution is 2.32. The number of carbonyl (C=O) groups is 1.